The second-order valence-corrected chi connectivity index (χ2v) is 16.0. The van der Waals surface area contributed by atoms with E-state index in [2.05, 4.69) is 6.92 Å². The van der Waals surface area contributed by atoms with E-state index in [1.165, 1.54) is 0 Å². The maximum Gasteiger partial charge on any atom is 0.341 e. The summed E-state index contributed by atoms with van der Waals surface area (Å²) >= 11 is 0. The van der Waals surface area contributed by atoms with E-state index in [0.29, 0.717) is 0 Å². The van der Waals surface area contributed by atoms with Gasteiger partial charge in [0, 0.05) is 12.3 Å². The number of benzene rings is 1. The number of fused-ring (bicyclic) bond motifs is 3. The summed E-state index contributed by atoms with van der Waals surface area (Å²) in [6.07, 6.45) is -0.875. The molecule has 1 saturated heterocycles. The van der Waals surface area contributed by atoms with Gasteiger partial charge in [0.15, 0.2) is 25.6 Å². The lowest BCUT2D eigenvalue weighted by atomic mass is 9.75. The van der Waals surface area contributed by atoms with Crippen LogP contribution >= 0.6 is 0 Å². The van der Waals surface area contributed by atoms with Crippen LogP contribution in [0.25, 0.3) is 0 Å². The minimum atomic E-state index is -2.29. The summed E-state index contributed by atoms with van der Waals surface area (Å²) in [5, 5.41) is 24.2. The molecular formula is C26H38O6Si. The molecule has 1 aromatic rings. The zero-order chi connectivity index (χ0) is 24.4. The summed E-state index contributed by atoms with van der Waals surface area (Å²) in [7, 11) is -2.29. The van der Waals surface area contributed by atoms with Gasteiger partial charge in [-0.05, 0) is 63.9 Å². The predicted molar refractivity (Wildman–Crippen MR) is 128 cm³/mol. The fourth-order valence-corrected chi connectivity index (χ4v) is 7.53. The molecule has 1 saturated carbocycles. The van der Waals surface area contributed by atoms with Crippen molar-refractivity contribution in [2.45, 2.75) is 95.8 Å². The van der Waals surface area contributed by atoms with E-state index in [4.69, 9.17) is 13.9 Å². The molecule has 4 rings (SSSR count). The molecular weight excluding hydrogens is 436 g/mol. The fourth-order valence-electron chi connectivity index (χ4n) is 6.06. The highest BCUT2D eigenvalue weighted by Gasteiger charge is 2.74. The number of hydrogen-bond donors (Lipinski definition) is 2. The monoisotopic (exact) mass is 474 g/mol. The summed E-state index contributed by atoms with van der Waals surface area (Å²) in [6, 6.07) is 9.70. The number of rotatable bonds is 5. The highest BCUT2D eigenvalue weighted by molar-refractivity contribution is 6.70. The third-order valence-electron chi connectivity index (χ3n) is 7.86. The Labute approximate surface area is 198 Å². The third-order valence-corrected chi connectivity index (χ3v) is 8.89. The molecule has 2 aliphatic carbocycles. The Balaban J connectivity index is 1.85. The number of carbonyl (C=O) groups is 1. The molecule has 3 aliphatic rings. The molecule has 1 aliphatic heterocycles. The molecule has 0 unspecified atom stereocenters. The van der Waals surface area contributed by atoms with Crippen molar-refractivity contribution in [1.82, 2.24) is 0 Å². The number of aliphatic hydroxyl groups is 2. The number of ether oxygens (including phenoxy) is 2. The maximum absolute atomic E-state index is 13.4. The highest BCUT2D eigenvalue weighted by Crippen LogP contribution is 2.57. The van der Waals surface area contributed by atoms with E-state index < -0.39 is 43.3 Å². The van der Waals surface area contributed by atoms with Gasteiger partial charge in [-0.25, -0.2) is 4.79 Å². The van der Waals surface area contributed by atoms with Crippen LogP contribution in [0.4, 0.5) is 0 Å². The van der Waals surface area contributed by atoms with Crippen LogP contribution in [0.3, 0.4) is 0 Å². The number of carbonyl (C=O) groups excluding carboxylic acids is 1. The van der Waals surface area contributed by atoms with Crippen molar-refractivity contribution in [2.24, 2.45) is 11.8 Å². The molecule has 2 N–H and O–H groups in total. The molecule has 0 radical (unpaired) electrons. The van der Waals surface area contributed by atoms with E-state index in [1.807, 2.05) is 63.8 Å². The van der Waals surface area contributed by atoms with Crippen LogP contribution in [-0.4, -0.2) is 53.5 Å². The van der Waals surface area contributed by atoms with Gasteiger partial charge in [0.05, 0.1) is 18.3 Å². The number of esters is 1. The molecule has 33 heavy (non-hydrogen) atoms. The number of allylic oxidation sites excluding steroid dienone is 1. The lowest BCUT2D eigenvalue weighted by Crippen LogP contribution is -2.67. The molecule has 0 bridgehead atoms. The van der Waals surface area contributed by atoms with Crippen molar-refractivity contribution in [1.29, 1.82) is 0 Å². The van der Waals surface area contributed by atoms with Crippen molar-refractivity contribution < 1.29 is 28.9 Å². The fraction of sp³-hybridized carbons (Fsp3) is 0.654. The average Bonchev–Trinajstić information content (AvgIpc) is 3.09. The van der Waals surface area contributed by atoms with Gasteiger partial charge in [-0.1, -0.05) is 42.8 Å². The lowest BCUT2D eigenvalue weighted by molar-refractivity contribution is -0.202. The standard InChI is InChI=1S/C26H38O6Si/c1-16-13-19-21(17(16)2)22-26(29,25(4,23(27)31-22)32-33(5,6)7)20(14-24(19,3)28)30-15-18-11-9-8-10-12-18/h8-12,16,19-20,22,28-29H,13-15H2,1-7H3/t16-,19+,20-,22+,24+,25-,26-/m1/s1. The minimum Gasteiger partial charge on any atom is -0.452 e. The van der Waals surface area contributed by atoms with E-state index in [1.54, 1.807) is 6.92 Å². The van der Waals surface area contributed by atoms with Crippen LogP contribution in [0.1, 0.15) is 46.1 Å². The van der Waals surface area contributed by atoms with Gasteiger partial charge in [0.2, 0.25) is 0 Å². The first-order chi connectivity index (χ1) is 15.2. The summed E-state index contributed by atoms with van der Waals surface area (Å²) in [5.74, 6) is -0.562. The van der Waals surface area contributed by atoms with Crippen LogP contribution in [0.15, 0.2) is 41.5 Å². The Morgan fingerprint density at radius 3 is 2.39 bits per heavy atom. The summed E-state index contributed by atoms with van der Waals surface area (Å²) < 4.78 is 18.8. The van der Waals surface area contributed by atoms with Crippen molar-refractivity contribution in [3.8, 4) is 0 Å². The highest BCUT2D eigenvalue weighted by atomic mass is 28.4. The summed E-state index contributed by atoms with van der Waals surface area (Å²) in [5.41, 5.74) is -1.67. The van der Waals surface area contributed by atoms with E-state index in [-0.39, 0.29) is 24.9 Å². The molecule has 0 aromatic heterocycles. The van der Waals surface area contributed by atoms with Gasteiger partial charge in [-0.15, -0.1) is 0 Å². The van der Waals surface area contributed by atoms with Gasteiger partial charge in [0.25, 0.3) is 0 Å². The molecule has 7 heteroatoms. The van der Waals surface area contributed by atoms with E-state index >= 15 is 0 Å². The van der Waals surface area contributed by atoms with Crippen molar-refractivity contribution >= 4 is 14.3 Å². The normalized spacial score (nSPS) is 40.9. The van der Waals surface area contributed by atoms with Gasteiger partial charge in [-0.2, -0.15) is 0 Å². The Kier molecular flexibility index (Phi) is 5.98. The topological polar surface area (TPSA) is 85.2 Å². The van der Waals surface area contributed by atoms with E-state index in [0.717, 1.165) is 23.1 Å². The van der Waals surface area contributed by atoms with Crippen molar-refractivity contribution in [3.05, 3.63) is 47.0 Å². The van der Waals surface area contributed by atoms with Crippen LogP contribution in [0, 0.1) is 11.8 Å². The van der Waals surface area contributed by atoms with Crippen LogP contribution in [0.2, 0.25) is 19.6 Å². The Morgan fingerprint density at radius 2 is 1.79 bits per heavy atom. The lowest BCUT2D eigenvalue weighted by Gasteiger charge is -2.45. The van der Waals surface area contributed by atoms with Crippen molar-refractivity contribution in [2.75, 3.05) is 0 Å². The Hall–Kier alpha value is -1.51. The quantitative estimate of drug-likeness (QED) is 0.382. The van der Waals surface area contributed by atoms with Crippen LogP contribution in [0.5, 0.6) is 0 Å². The number of hydrogen-bond acceptors (Lipinski definition) is 6. The molecule has 0 amide bonds. The van der Waals surface area contributed by atoms with E-state index in [9.17, 15) is 15.0 Å². The summed E-state index contributed by atoms with van der Waals surface area (Å²) in [6.45, 7) is 13.8. The second kappa shape index (κ2) is 8.02. The van der Waals surface area contributed by atoms with Crippen LogP contribution in [-0.2, 0) is 25.3 Å². The first-order valence-corrected chi connectivity index (χ1v) is 15.3. The second-order valence-electron chi connectivity index (χ2n) is 11.5. The molecule has 6 nitrogen and oxygen atoms in total. The molecule has 0 spiro atoms. The van der Waals surface area contributed by atoms with Gasteiger partial charge < -0.3 is 24.1 Å². The maximum atomic E-state index is 13.4. The molecule has 182 valence electrons. The first-order valence-electron chi connectivity index (χ1n) is 11.9. The van der Waals surface area contributed by atoms with Gasteiger partial charge in [0.1, 0.15) is 0 Å². The third kappa shape index (κ3) is 3.92. The van der Waals surface area contributed by atoms with Gasteiger partial charge >= 0.3 is 5.97 Å². The zero-order valence-corrected chi connectivity index (χ0v) is 21.8. The van der Waals surface area contributed by atoms with Crippen LogP contribution < -0.4 is 0 Å². The molecule has 1 aromatic carbocycles. The zero-order valence-electron chi connectivity index (χ0n) is 20.8. The molecule has 1 heterocycles. The summed E-state index contributed by atoms with van der Waals surface area (Å²) in [4.78, 5) is 13.4. The molecule has 2 fully saturated rings. The Morgan fingerprint density at radius 1 is 1.15 bits per heavy atom. The first kappa shape index (κ1) is 24.6. The average molecular weight is 475 g/mol. The minimum absolute atomic E-state index is 0.169. The Bertz CT molecular complexity index is 951. The smallest absolute Gasteiger partial charge is 0.341 e. The largest absolute Gasteiger partial charge is 0.452 e. The van der Waals surface area contributed by atoms with Crippen molar-refractivity contribution in [3.63, 3.8) is 0 Å². The predicted octanol–water partition coefficient (Wildman–Crippen LogP) is 3.97. The SMILES string of the molecule is CC1=C2[C@@H]3OC(=O)[C@@](C)(O[Si](C)(C)C)[C@@]3(O)[C@H](OCc3ccccc3)C[C@](C)(O)[C@H]2C[C@H]1C. The molecule has 7 atom stereocenters. The van der Waals surface area contributed by atoms with Gasteiger partial charge in [-0.3, -0.25) is 0 Å².